The zero-order valence-electron chi connectivity index (χ0n) is 6.57. The van der Waals surface area contributed by atoms with E-state index in [1.165, 1.54) is 0 Å². The quantitative estimate of drug-likeness (QED) is 0.773. The highest BCUT2D eigenvalue weighted by atomic mass is 35.5. The Kier molecular flexibility index (Phi) is 3.70. The van der Waals surface area contributed by atoms with Gasteiger partial charge in [0.25, 0.3) is 0 Å². The summed E-state index contributed by atoms with van der Waals surface area (Å²) in [5.41, 5.74) is 5.30. The number of hydrogen-bond acceptors (Lipinski definition) is 3. The number of nitrogens with zero attached hydrogens (tertiary/aromatic N) is 2. The lowest BCUT2D eigenvalue weighted by atomic mass is 10.3. The molecule has 0 atom stereocenters. The van der Waals surface area contributed by atoms with Gasteiger partial charge >= 0.3 is 0 Å². The summed E-state index contributed by atoms with van der Waals surface area (Å²) in [6.07, 6.45) is 7.73. The van der Waals surface area contributed by atoms with Gasteiger partial charge in [0.2, 0.25) is 0 Å². The van der Waals surface area contributed by atoms with E-state index in [2.05, 4.69) is 9.97 Å². The summed E-state index contributed by atoms with van der Waals surface area (Å²) < 4.78 is 0. The Bertz CT molecular complexity index is 256. The van der Waals surface area contributed by atoms with Crippen LogP contribution in [0.2, 0.25) is 5.02 Å². The van der Waals surface area contributed by atoms with Crippen molar-refractivity contribution in [2.45, 2.75) is 6.42 Å². The van der Waals surface area contributed by atoms with Crippen molar-refractivity contribution in [1.29, 1.82) is 0 Å². The van der Waals surface area contributed by atoms with Gasteiger partial charge in [-0.2, -0.15) is 0 Å². The number of nitrogens with two attached hydrogens (primary N) is 1. The molecule has 0 fully saturated rings. The lowest BCUT2D eigenvalue weighted by molar-refractivity contribution is 1.01. The third-order valence-electron chi connectivity index (χ3n) is 1.24. The second-order valence-corrected chi connectivity index (χ2v) is 2.68. The minimum Gasteiger partial charge on any atom is -0.330 e. The molecule has 4 heteroatoms. The maximum Gasteiger partial charge on any atom is 0.151 e. The molecule has 0 aromatic carbocycles. The monoisotopic (exact) mass is 183 g/mol. The van der Waals surface area contributed by atoms with Crippen LogP contribution in [-0.2, 0) is 0 Å². The van der Waals surface area contributed by atoms with Crippen molar-refractivity contribution in [3.05, 3.63) is 29.3 Å². The van der Waals surface area contributed by atoms with Crippen molar-refractivity contribution >= 4 is 17.7 Å². The largest absolute Gasteiger partial charge is 0.330 e. The topological polar surface area (TPSA) is 51.8 Å². The maximum absolute atomic E-state index is 5.60. The molecule has 3 nitrogen and oxygen atoms in total. The molecule has 0 bridgehead atoms. The van der Waals surface area contributed by atoms with Gasteiger partial charge in [-0.05, 0) is 19.0 Å². The molecule has 0 aliphatic rings. The first-order valence-electron chi connectivity index (χ1n) is 3.67. The van der Waals surface area contributed by atoms with Crippen LogP contribution in [-0.4, -0.2) is 16.5 Å². The van der Waals surface area contributed by atoms with Gasteiger partial charge in [0.15, 0.2) is 5.82 Å². The second-order valence-electron chi connectivity index (χ2n) is 2.24. The molecule has 64 valence electrons. The lowest BCUT2D eigenvalue weighted by Crippen LogP contribution is -1.95. The fourth-order valence-corrected chi connectivity index (χ4v) is 0.791. The molecule has 0 aliphatic carbocycles. The summed E-state index contributed by atoms with van der Waals surface area (Å²) in [5, 5.41) is 0.547. The van der Waals surface area contributed by atoms with Crippen molar-refractivity contribution in [2.24, 2.45) is 5.73 Å². The van der Waals surface area contributed by atoms with E-state index in [1.54, 1.807) is 12.4 Å². The van der Waals surface area contributed by atoms with E-state index in [9.17, 15) is 0 Å². The standard InChI is InChI=1S/C8H10ClN3/c9-7-5-11-8(12-6-7)3-1-2-4-10/h1,3,5-6H,2,4,10H2. The Morgan fingerprint density at radius 1 is 1.42 bits per heavy atom. The van der Waals surface area contributed by atoms with Crippen LogP contribution in [0.3, 0.4) is 0 Å². The van der Waals surface area contributed by atoms with Gasteiger partial charge in [0.1, 0.15) is 0 Å². The number of hydrogen-bond donors (Lipinski definition) is 1. The normalized spacial score (nSPS) is 10.8. The highest BCUT2D eigenvalue weighted by Crippen LogP contribution is 2.03. The first kappa shape index (κ1) is 9.16. The average Bonchev–Trinajstić information content (AvgIpc) is 2.09. The van der Waals surface area contributed by atoms with E-state index in [0.717, 1.165) is 6.42 Å². The van der Waals surface area contributed by atoms with Gasteiger partial charge in [-0.3, -0.25) is 0 Å². The molecule has 0 saturated carbocycles. The van der Waals surface area contributed by atoms with E-state index in [1.807, 2.05) is 12.2 Å². The second kappa shape index (κ2) is 4.85. The van der Waals surface area contributed by atoms with Gasteiger partial charge in [-0.15, -0.1) is 0 Å². The van der Waals surface area contributed by atoms with Gasteiger partial charge in [0.05, 0.1) is 5.02 Å². The summed E-state index contributed by atoms with van der Waals surface area (Å²) in [4.78, 5) is 7.96. The van der Waals surface area contributed by atoms with Crippen molar-refractivity contribution in [3.63, 3.8) is 0 Å². The van der Waals surface area contributed by atoms with E-state index in [0.29, 0.717) is 17.4 Å². The molecule has 0 radical (unpaired) electrons. The highest BCUT2D eigenvalue weighted by molar-refractivity contribution is 6.30. The molecule has 1 rings (SSSR count). The van der Waals surface area contributed by atoms with Gasteiger partial charge in [0, 0.05) is 12.4 Å². The summed E-state index contributed by atoms with van der Waals surface area (Å²) in [7, 11) is 0. The van der Waals surface area contributed by atoms with E-state index < -0.39 is 0 Å². The predicted molar refractivity (Wildman–Crippen MR) is 49.7 cm³/mol. The van der Waals surface area contributed by atoms with E-state index >= 15 is 0 Å². The summed E-state index contributed by atoms with van der Waals surface area (Å²) >= 11 is 5.60. The molecule has 1 aromatic heterocycles. The van der Waals surface area contributed by atoms with Crippen LogP contribution in [0.4, 0.5) is 0 Å². The zero-order valence-corrected chi connectivity index (χ0v) is 7.33. The summed E-state index contributed by atoms with van der Waals surface area (Å²) in [5.74, 6) is 0.660. The molecular weight excluding hydrogens is 174 g/mol. The maximum atomic E-state index is 5.60. The summed E-state index contributed by atoms with van der Waals surface area (Å²) in [6.45, 7) is 0.643. The molecule has 2 N–H and O–H groups in total. The van der Waals surface area contributed by atoms with Crippen molar-refractivity contribution < 1.29 is 0 Å². The summed E-state index contributed by atoms with van der Waals surface area (Å²) in [6, 6.07) is 0. The molecular formula is C8H10ClN3. The van der Waals surface area contributed by atoms with Crippen LogP contribution >= 0.6 is 11.6 Å². The fourth-order valence-electron chi connectivity index (χ4n) is 0.693. The van der Waals surface area contributed by atoms with Crippen molar-refractivity contribution in [2.75, 3.05) is 6.54 Å². The highest BCUT2D eigenvalue weighted by Gasteiger charge is 1.89. The molecule has 1 heterocycles. The van der Waals surface area contributed by atoms with Crippen molar-refractivity contribution in [3.8, 4) is 0 Å². The lowest BCUT2D eigenvalue weighted by Gasteiger charge is -1.90. The third-order valence-corrected chi connectivity index (χ3v) is 1.44. The zero-order chi connectivity index (χ0) is 8.81. The Hall–Kier alpha value is -0.930. The molecule has 0 amide bonds. The minimum atomic E-state index is 0.547. The molecule has 0 unspecified atom stereocenters. The molecule has 0 spiro atoms. The first-order valence-corrected chi connectivity index (χ1v) is 4.05. The van der Waals surface area contributed by atoms with Crippen LogP contribution in [0.1, 0.15) is 12.2 Å². The average molecular weight is 184 g/mol. The molecule has 0 saturated heterocycles. The van der Waals surface area contributed by atoms with Crippen LogP contribution in [0, 0.1) is 0 Å². The van der Waals surface area contributed by atoms with Crippen LogP contribution in [0.15, 0.2) is 18.5 Å². The van der Waals surface area contributed by atoms with Crippen molar-refractivity contribution in [1.82, 2.24) is 9.97 Å². The Balaban J connectivity index is 2.58. The van der Waals surface area contributed by atoms with Gasteiger partial charge < -0.3 is 5.73 Å². The predicted octanol–water partition coefficient (Wildman–Crippen LogP) is 1.49. The molecule has 0 aliphatic heterocycles. The Morgan fingerprint density at radius 2 is 2.08 bits per heavy atom. The van der Waals surface area contributed by atoms with Crippen LogP contribution in [0.5, 0.6) is 0 Å². The Morgan fingerprint density at radius 3 is 2.67 bits per heavy atom. The van der Waals surface area contributed by atoms with Crippen LogP contribution in [0.25, 0.3) is 6.08 Å². The minimum absolute atomic E-state index is 0.547. The molecule has 12 heavy (non-hydrogen) atoms. The SMILES string of the molecule is NCCC=Cc1ncc(Cl)cn1. The smallest absolute Gasteiger partial charge is 0.151 e. The number of rotatable bonds is 3. The number of halogens is 1. The Labute approximate surface area is 76.3 Å². The third kappa shape index (κ3) is 2.98. The van der Waals surface area contributed by atoms with Crippen LogP contribution < -0.4 is 5.73 Å². The van der Waals surface area contributed by atoms with E-state index in [-0.39, 0.29) is 0 Å². The number of aromatic nitrogens is 2. The first-order chi connectivity index (χ1) is 5.83. The van der Waals surface area contributed by atoms with Gasteiger partial charge in [-0.1, -0.05) is 17.7 Å². The van der Waals surface area contributed by atoms with E-state index in [4.69, 9.17) is 17.3 Å². The fraction of sp³-hybridized carbons (Fsp3) is 0.250. The van der Waals surface area contributed by atoms with Gasteiger partial charge in [-0.25, -0.2) is 9.97 Å². The molecule has 1 aromatic rings.